The number of benzene rings is 2. The van der Waals surface area contributed by atoms with E-state index in [0.29, 0.717) is 5.56 Å². The molecule has 0 radical (unpaired) electrons. The SMILES string of the molecule is O=C(Cc1cccc(C(F)(F)F)c1)c1ccc(Br)cc1Cl. The molecule has 2 aromatic rings. The quantitative estimate of drug-likeness (QED) is 0.641. The lowest BCUT2D eigenvalue weighted by Crippen LogP contribution is -2.08. The van der Waals surface area contributed by atoms with Crippen LogP contribution in [0.3, 0.4) is 0 Å². The fourth-order valence-electron chi connectivity index (χ4n) is 1.85. The molecule has 0 saturated heterocycles. The number of hydrogen-bond acceptors (Lipinski definition) is 1. The Bertz CT molecular complexity index is 683. The van der Waals surface area contributed by atoms with Gasteiger partial charge in [-0.25, -0.2) is 0 Å². The largest absolute Gasteiger partial charge is 0.416 e. The molecule has 0 saturated carbocycles. The molecule has 0 bridgehead atoms. The van der Waals surface area contributed by atoms with E-state index in [9.17, 15) is 18.0 Å². The Labute approximate surface area is 132 Å². The van der Waals surface area contributed by atoms with Crippen molar-refractivity contribution in [2.24, 2.45) is 0 Å². The van der Waals surface area contributed by atoms with Gasteiger partial charge in [-0.05, 0) is 29.8 Å². The van der Waals surface area contributed by atoms with Gasteiger partial charge in [0.2, 0.25) is 0 Å². The lowest BCUT2D eigenvalue weighted by molar-refractivity contribution is -0.137. The lowest BCUT2D eigenvalue weighted by atomic mass is 10.0. The summed E-state index contributed by atoms with van der Waals surface area (Å²) in [6, 6.07) is 9.49. The van der Waals surface area contributed by atoms with Crippen LogP contribution in [0.25, 0.3) is 0 Å². The molecule has 21 heavy (non-hydrogen) atoms. The molecular weight excluding hydrogens is 369 g/mol. The number of alkyl halides is 3. The molecule has 0 spiro atoms. The molecule has 0 fully saturated rings. The maximum absolute atomic E-state index is 12.6. The fourth-order valence-corrected chi connectivity index (χ4v) is 2.63. The Morgan fingerprint density at radius 1 is 1.14 bits per heavy atom. The topological polar surface area (TPSA) is 17.1 Å². The first-order valence-electron chi connectivity index (χ1n) is 5.92. The molecular formula is C15H9BrClF3O. The maximum atomic E-state index is 12.6. The second-order valence-corrected chi connectivity index (χ2v) is 5.75. The van der Waals surface area contributed by atoms with E-state index in [1.807, 2.05) is 0 Å². The van der Waals surface area contributed by atoms with Crippen LogP contribution < -0.4 is 0 Å². The van der Waals surface area contributed by atoms with E-state index in [2.05, 4.69) is 15.9 Å². The van der Waals surface area contributed by atoms with E-state index in [4.69, 9.17) is 11.6 Å². The predicted molar refractivity (Wildman–Crippen MR) is 78.6 cm³/mol. The van der Waals surface area contributed by atoms with Crippen LogP contribution in [0.2, 0.25) is 5.02 Å². The summed E-state index contributed by atoms with van der Waals surface area (Å²) < 4.78 is 38.6. The third kappa shape index (κ3) is 4.08. The Balaban J connectivity index is 2.24. The number of hydrogen-bond donors (Lipinski definition) is 0. The van der Waals surface area contributed by atoms with Gasteiger partial charge in [0.05, 0.1) is 10.6 Å². The molecule has 0 unspecified atom stereocenters. The first-order chi connectivity index (χ1) is 9.77. The van der Waals surface area contributed by atoms with Crippen molar-refractivity contribution in [1.29, 1.82) is 0 Å². The van der Waals surface area contributed by atoms with Gasteiger partial charge in [0.25, 0.3) is 0 Å². The van der Waals surface area contributed by atoms with Crippen LogP contribution in [-0.4, -0.2) is 5.78 Å². The molecule has 2 aromatic carbocycles. The number of Topliss-reactive ketones (excluding diaryl/α,β-unsaturated/α-hetero) is 1. The first-order valence-corrected chi connectivity index (χ1v) is 7.09. The van der Waals surface area contributed by atoms with Gasteiger partial charge in [0, 0.05) is 16.5 Å². The number of ketones is 1. The molecule has 2 rings (SSSR count). The maximum Gasteiger partial charge on any atom is 0.416 e. The second kappa shape index (κ2) is 6.20. The van der Waals surface area contributed by atoms with Crippen LogP contribution in [-0.2, 0) is 12.6 Å². The molecule has 110 valence electrons. The number of halogens is 5. The Morgan fingerprint density at radius 3 is 2.48 bits per heavy atom. The van der Waals surface area contributed by atoms with E-state index in [1.54, 1.807) is 18.2 Å². The van der Waals surface area contributed by atoms with Crippen LogP contribution in [0.5, 0.6) is 0 Å². The van der Waals surface area contributed by atoms with Gasteiger partial charge in [-0.1, -0.05) is 45.7 Å². The summed E-state index contributed by atoms with van der Waals surface area (Å²) in [7, 11) is 0. The molecule has 0 aliphatic rings. The van der Waals surface area contributed by atoms with E-state index >= 15 is 0 Å². The summed E-state index contributed by atoms with van der Waals surface area (Å²) in [5, 5.41) is 0.265. The predicted octanol–water partition coefficient (Wildman–Crippen LogP) is 5.55. The van der Waals surface area contributed by atoms with Gasteiger partial charge in [-0.3, -0.25) is 4.79 Å². The third-order valence-electron chi connectivity index (χ3n) is 2.85. The normalized spacial score (nSPS) is 11.5. The van der Waals surface area contributed by atoms with Crippen molar-refractivity contribution in [3.05, 3.63) is 68.7 Å². The van der Waals surface area contributed by atoms with Crippen LogP contribution >= 0.6 is 27.5 Å². The third-order valence-corrected chi connectivity index (χ3v) is 3.66. The Morgan fingerprint density at radius 2 is 1.86 bits per heavy atom. The van der Waals surface area contributed by atoms with Gasteiger partial charge in [-0.2, -0.15) is 13.2 Å². The second-order valence-electron chi connectivity index (χ2n) is 4.42. The summed E-state index contributed by atoms with van der Waals surface area (Å²) in [6.07, 6.45) is -4.56. The fraction of sp³-hybridized carbons (Fsp3) is 0.133. The van der Waals surface area contributed by atoms with Crippen molar-refractivity contribution in [2.45, 2.75) is 12.6 Å². The molecule has 0 heterocycles. The minimum atomic E-state index is -4.42. The van der Waals surface area contributed by atoms with Gasteiger partial charge in [-0.15, -0.1) is 0 Å². The minimum Gasteiger partial charge on any atom is -0.294 e. The van der Waals surface area contributed by atoms with Crippen molar-refractivity contribution in [3.63, 3.8) is 0 Å². The van der Waals surface area contributed by atoms with E-state index in [-0.39, 0.29) is 22.8 Å². The van der Waals surface area contributed by atoms with Gasteiger partial charge in [0.15, 0.2) is 5.78 Å². The number of carbonyl (C=O) groups is 1. The highest BCUT2D eigenvalue weighted by Gasteiger charge is 2.30. The van der Waals surface area contributed by atoms with E-state index in [1.165, 1.54) is 12.1 Å². The number of rotatable bonds is 3. The first kappa shape index (κ1) is 16.0. The average Bonchev–Trinajstić information content (AvgIpc) is 2.37. The molecule has 0 aliphatic heterocycles. The van der Waals surface area contributed by atoms with Crippen LogP contribution in [0.4, 0.5) is 13.2 Å². The molecule has 6 heteroatoms. The molecule has 1 nitrogen and oxygen atoms in total. The van der Waals surface area contributed by atoms with Gasteiger partial charge < -0.3 is 0 Å². The number of carbonyl (C=O) groups excluding carboxylic acids is 1. The molecule has 0 aromatic heterocycles. The summed E-state index contributed by atoms with van der Waals surface area (Å²) in [4.78, 5) is 12.1. The van der Waals surface area contributed by atoms with Gasteiger partial charge >= 0.3 is 6.18 Å². The summed E-state index contributed by atoms with van der Waals surface area (Å²) >= 11 is 9.19. The highest BCUT2D eigenvalue weighted by molar-refractivity contribution is 9.10. The Kier molecular flexibility index (Phi) is 4.74. The van der Waals surface area contributed by atoms with Crippen LogP contribution in [0.15, 0.2) is 46.9 Å². The van der Waals surface area contributed by atoms with Crippen LogP contribution in [0, 0.1) is 0 Å². The summed E-state index contributed by atoms with van der Waals surface area (Å²) in [5.74, 6) is -0.327. The lowest BCUT2D eigenvalue weighted by Gasteiger charge is -2.09. The van der Waals surface area contributed by atoms with Crippen LogP contribution in [0.1, 0.15) is 21.5 Å². The summed E-state index contributed by atoms with van der Waals surface area (Å²) in [6.45, 7) is 0. The summed E-state index contributed by atoms with van der Waals surface area (Å²) in [5.41, 5.74) is -0.180. The molecule has 0 amide bonds. The van der Waals surface area contributed by atoms with Crippen molar-refractivity contribution in [2.75, 3.05) is 0 Å². The molecule has 0 N–H and O–H groups in total. The molecule has 0 aliphatic carbocycles. The van der Waals surface area contributed by atoms with Crippen molar-refractivity contribution < 1.29 is 18.0 Å². The highest BCUT2D eigenvalue weighted by Crippen LogP contribution is 2.30. The highest BCUT2D eigenvalue weighted by atomic mass is 79.9. The molecule has 0 atom stereocenters. The standard InChI is InChI=1S/C15H9BrClF3O/c16-11-4-5-12(13(17)8-11)14(21)7-9-2-1-3-10(6-9)15(18,19)20/h1-6,8H,7H2. The Hall–Kier alpha value is -1.33. The smallest absolute Gasteiger partial charge is 0.294 e. The van der Waals surface area contributed by atoms with Crippen molar-refractivity contribution in [3.8, 4) is 0 Å². The minimum absolute atomic E-state index is 0.134. The zero-order valence-corrected chi connectivity index (χ0v) is 12.9. The van der Waals surface area contributed by atoms with Crippen molar-refractivity contribution in [1.82, 2.24) is 0 Å². The van der Waals surface area contributed by atoms with Crippen molar-refractivity contribution >= 4 is 33.3 Å². The average molecular weight is 378 g/mol. The zero-order chi connectivity index (χ0) is 15.6. The zero-order valence-electron chi connectivity index (χ0n) is 10.5. The van der Waals surface area contributed by atoms with Gasteiger partial charge in [0.1, 0.15) is 0 Å². The monoisotopic (exact) mass is 376 g/mol. The van der Waals surface area contributed by atoms with E-state index < -0.39 is 11.7 Å². The van der Waals surface area contributed by atoms with E-state index in [0.717, 1.165) is 16.6 Å².